The third kappa shape index (κ3) is 5.21. The highest BCUT2D eigenvalue weighted by molar-refractivity contribution is 6.19. The molecule has 150 valence electrons. The zero-order chi connectivity index (χ0) is 20.6. The molecule has 3 rings (SSSR count). The van der Waals surface area contributed by atoms with Gasteiger partial charge >= 0.3 is 5.97 Å². The molecule has 0 radical (unpaired) electrons. The molecule has 1 aliphatic rings. The number of carbonyl (C=O) groups excluding carboxylic acids is 2. The molecule has 0 spiro atoms. The van der Waals surface area contributed by atoms with Crippen molar-refractivity contribution in [1.82, 2.24) is 0 Å². The Morgan fingerprint density at radius 2 is 1.90 bits per heavy atom. The summed E-state index contributed by atoms with van der Waals surface area (Å²) in [7, 11) is 0. The van der Waals surface area contributed by atoms with Gasteiger partial charge in [0.2, 0.25) is 0 Å². The van der Waals surface area contributed by atoms with E-state index in [-0.39, 0.29) is 18.4 Å². The van der Waals surface area contributed by atoms with Gasteiger partial charge in [0.05, 0.1) is 18.8 Å². The highest BCUT2D eigenvalue weighted by atomic mass is 16.6. The zero-order valence-corrected chi connectivity index (χ0v) is 16.6. The summed E-state index contributed by atoms with van der Waals surface area (Å²) in [5.74, 6) is -0.346. The van der Waals surface area contributed by atoms with Gasteiger partial charge in [-0.05, 0) is 42.7 Å². The average molecular weight is 391 g/mol. The van der Waals surface area contributed by atoms with E-state index >= 15 is 0 Å². The third-order valence-corrected chi connectivity index (χ3v) is 4.69. The number of anilines is 1. The van der Waals surface area contributed by atoms with Crippen LogP contribution in [0.5, 0.6) is 0 Å². The molecule has 1 aliphatic heterocycles. The SMILES string of the molecule is C=CCOCCOC(=O)c1ccc2c(c1)CCN2/C=C(\C(C)=O)c1ccccc1. The van der Waals surface area contributed by atoms with Crippen molar-refractivity contribution in [2.75, 3.05) is 31.3 Å². The predicted molar refractivity (Wildman–Crippen MR) is 114 cm³/mol. The first-order valence-electron chi connectivity index (χ1n) is 9.63. The minimum atomic E-state index is -0.363. The largest absolute Gasteiger partial charge is 0.460 e. The molecule has 2 aromatic carbocycles. The molecule has 0 atom stereocenters. The van der Waals surface area contributed by atoms with E-state index in [1.54, 1.807) is 19.1 Å². The lowest BCUT2D eigenvalue weighted by Gasteiger charge is -2.17. The number of rotatable bonds is 9. The first-order chi connectivity index (χ1) is 14.1. The van der Waals surface area contributed by atoms with Crippen LogP contribution in [-0.4, -0.2) is 38.1 Å². The van der Waals surface area contributed by atoms with Crippen molar-refractivity contribution in [3.63, 3.8) is 0 Å². The molecule has 0 aliphatic carbocycles. The van der Waals surface area contributed by atoms with Crippen LogP contribution in [0.3, 0.4) is 0 Å². The van der Waals surface area contributed by atoms with Gasteiger partial charge in [0.1, 0.15) is 6.61 Å². The maximum Gasteiger partial charge on any atom is 0.338 e. The Bertz CT molecular complexity index is 918. The molecule has 29 heavy (non-hydrogen) atoms. The fraction of sp³-hybridized carbons (Fsp3) is 0.250. The van der Waals surface area contributed by atoms with Gasteiger partial charge in [-0.15, -0.1) is 6.58 Å². The Hall–Kier alpha value is -3.18. The molecular weight excluding hydrogens is 366 g/mol. The van der Waals surface area contributed by atoms with Crippen molar-refractivity contribution >= 4 is 23.0 Å². The molecule has 1 heterocycles. The van der Waals surface area contributed by atoms with Crippen molar-refractivity contribution in [3.05, 3.63) is 84.1 Å². The van der Waals surface area contributed by atoms with E-state index in [1.807, 2.05) is 48.7 Å². The monoisotopic (exact) mass is 391 g/mol. The summed E-state index contributed by atoms with van der Waals surface area (Å²) in [5.41, 5.74) is 4.15. The van der Waals surface area contributed by atoms with Crippen molar-refractivity contribution in [1.29, 1.82) is 0 Å². The number of hydrogen-bond donors (Lipinski definition) is 0. The number of fused-ring (bicyclic) bond motifs is 1. The summed E-state index contributed by atoms with van der Waals surface area (Å²) in [6.45, 7) is 6.88. The van der Waals surface area contributed by atoms with Gasteiger partial charge in [-0.25, -0.2) is 4.79 Å². The van der Waals surface area contributed by atoms with Gasteiger partial charge in [-0.3, -0.25) is 4.79 Å². The number of ketones is 1. The lowest BCUT2D eigenvalue weighted by atomic mass is 10.0. The minimum Gasteiger partial charge on any atom is -0.460 e. The molecule has 0 saturated heterocycles. The van der Waals surface area contributed by atoms with Crippen LogP contribution in [0.25, 0.3) is 5.57 Å². The van der Waals surface area contributed by atoms with Crippen LogP contribution in [-0.2, 0) is 20.7 Å². The second kappa shape index (κ2) is 9.85. The Labute approximate surface area is 171 Å². The van der Waals surface area contributed by atoms with Crippen LogP contribution in [0.15, 0.2) is 67.4 Å². The van der Waals surface area contributed by atoms with Gasteiger partial charge < -0.3 is 14.4 Å². The molecule has 0 saturated carbocycles. The lowest BCUT2D eigenvalue weighted by molar-refractivity contribution is -0.111. The van der Waals surface area contributed by atoms with E-state index < -0.39 is 0 Å². The molecule has 5 heteroatoms. The van der Waals surface area contributed by atoms with Crippen molar-refractivity contribution in [2.24, 2.45) is 0 Å². The Kier molecular flexibility index (Phi) is 6.98. The summed E-state index contributed by atoms with van der Waals surface area (Å²) in [6.07, 6.45) is 4.35. The Morgan fingerprint density at radius 1 is 1.10 bits per heavy atom. The van der Waals surface area contributed by atoms with Gasteiger partial charge in [-0.2, -0.15) is 0 Å². The first-order valence-corrected chi connectivity index (χ1v) is 9.63. The highest BCUT2D eigenvalue weighted by Crippen LogP contribution is 2.31. The van der Waals surface area contributed by atoms with Crippen LogP contribution in [0.1, 0.15) is 28.4 Å². The van der Waals surface area contributed by atoms with Crippen LogP contribution in [0.4, 0.5) is 5.69 Å². The number of ether oxygens (including phenoxy) is 2. The highest BCUT2D eigenvalue weighted by Gasteiger charge is 2.21. The van der Waals surface area contributed by atoms with E-state index in [0.717, 1.165) is 29.8 Å². The summed E-state index contributed by atoms with van der Waals surface area (Å²) in [6, 6.07) is 15.2. The van der Waals surface area contributed by atoms with Crippen LogP contribution >= 0.6 is 0 Å². The Morgan fingerprint density at radius 3 is 2.62 bits per heavy atom. The number of allylic oxidation sites excluding steroid dienone is 1. The molecule has 0 aromatic heterocycles. The Balaban J connectivity index is 1.72. The third-order valence-electron chi connectivity index (χ3n) is 4.69. The first kappa shape index (κ1) is 20.6. The molecule has 2 aromatic rings. The molecule has 0 N–H and O–H groups in total. The number of benzene rings is 2. The molecule has 0 amide bonds. The van der Waals surface area contributed by atoms with E-state index in [0.29, 0.717) is 24.4 Å². The standard InChI is InChI=1S/C24H25NO4/c1-3-13-28-14-15-29-24(27)21-9-10-23-20(16-21)11-12-25(23)17-22(18(2)26)19-7-5-4-6-8-19/h3-10,16-17H,1,11-15H2,2H3/b22-17+. The van der Waals surface area contributed by atoms with E-state index in [1.165, 1.54) is 0 Å². The number of Topliss-reactive ketones (excluding diaryl/α,β-unsaturated/α-hetero) is 1. The molecule has 0 bridgehead atoms. The number of nitrogens with zero attached hydrogens (tertiary/aromatic N) is 1. The predicted octanol–water partition coefficient (Wildman–Crippen LogP) is 4.04. The molecular formula is C24H25NO4. The second-order valence-electron chi connectivity index (χ2n) is 6.75. The molecule has 5 nitrogen and oxygen atoms in total. The van der Waals surface area contributed by atoms with Crippen molar-refractivity contribution < 1.29 is 19.1 Å². The maximum absolute atomic E-state index is 12.2. The van der Waals surface area contributed by atoms with E-state index in [9.17, 15) is 9.59 Å². The van der Waals surface area contributed by atoms with E-state index in [2.05, 4.69) is 11.5 Å². The van der Waals surface area contributed by atoms with E-state index in [4.69, 9.17) is 9.47 Å². The number of hydrogen-bond acceptors (Lipinski definition) is 5. The zero-order valence-electron chi connectivity index (χ0n) is 16.6. The fourth-order valence-electron chi connectivity index (χ4n) is 3.27. The second-order valence-corrected chi connectivity index (χ2v) is 6.75. The van der Waals surface area contributed by atoms with Crippen LogP contribution in [0, 0.1) is 0 Å². The summed E-state index contributed by atoms with van der Waals surface area (Å²) in [4.78, 5) is 26.5. The van der Waals surface area contributed by atoms with Gasteiger partial charge in [0.15, 0.2) is 5.78 Å². The lowest BCUT2D eigenvalue weighted by Crippen LogP contribution is -2.15. The van der Waals surface area contributed by atoms with Crippen LogP contribution < -0.4 is 4.90 Å². The molecule has 0 fully saturated rings. The van der Waals surface area contributed by atoms with Gasteiger partial charge in [-0.1, -0.05) is 36.4 Å². The van der Waals surface area contributed by atoms with Crippen molar-refractivity contribution in [2.45, 2.75) is 13.3 Å². The normalized spacial score (nSPS) is 13.1. The number of esters is 1. The number of carbonyl (C=O) groups is 2. The summed E-state index contributed by atoms with van der Waals surface area (Å²) >= 11 is 0. The fourth-order valence-corrected chi connectivity index (χ4v) is 3.27. The van der Waals surface area contributed by atoms with Crippen molar-refractivity contribution in [3.8, 4) is 0 Å². The smallest absolute Gasteiger partial charge is 0.338 e. The average Bonchev–Trinajstić information content (AvgIpc) is 3.14. The topological polar surface area (TPSA) is 55.8 Å². The minimum absolute atomic E-state index is 0.0171. The quantitative estimate of drug-likeness (QED) is 0.279. The molecule has 0 unspecified atom stereocenters. The summed E-state index contributed by atoms with van der Waals surface area (Å²) < 4.78 is 10.5. The van der Waals surface area contributed by atoms with Gasteiger partial charge in [0, 0.05) is 24.0 Å². The van der Waals surface area contributed by atoms with Gasteiger partial charge in [0.25, 0.3) is 0 Å². The van der Waals surface area contributed by atoms with Crippen LogP contribution in [0.2, 0.25) is 0 Å². The summed E-state index contributed by atoms with van der Waals surface area (Å²) in [5, 5.41) is 0. The maximum atomic E-state index is 12.2.